The lowest BCUT2D eigenvalue weighted by atomic mass is 10.1. The Kier molecular flexibility index (Phi) is 6.77. The molecule has 0 radical (unpaired) electrons. The van der Waals surface area contributed by atoms with Crippen LogP contribution < -0.4 is 5.32 Å². The third kappa shape index (κ3) is 6.06. The summed E-state index contributed by atoms with van der Waals surface area (Å²) in [5.74, 6) is -0.480. The Morgan fingerprint density at radius 2 is 1.93 bits per heavy atom. The molecule has 0 unspecified atom stereocenters. The second kappa shape index (κ2) is 8.34. The summed E-state index contributed by atoms with van der Waals surface area (Å²) in [6.07, 6.45) is -2.24. The second-order valence-corrected chi connectivity index (χ2v) is 8.98. The normalized spacial score (nSPS) is 17.3. The van der Waals surface area contributed by atoms with Crippen molar-refractivity contribution in [1.82, 2.24) is 9.21 Å². The van der Waals surface area contributed by atoms with E-state index in [0.29, 0.717) is 25.9 Å². The molecule has 0 aromatic heterocycles. The lowest BCUT2D eigenvalue weighted by molar-refractivity contribution is -0.137. The van der Waals surface area contributed by atoms with Crippen LogP contribution in [0.15, 0.2) is 18.2 Å². The number of carbonyl (C=O) groups excluding carboxylic acids is 1. The highest BCUT2D eigenvalue weighted by molar-refractivity contribution is 7.88. The summed E-state index contributed by atoms with van der Waals surface area (Å²) >= 11 is 5.87. The van der Waals surface area contributed by atoms with Gasteiger partial charge in [-0.15, -0.1) is 0 Å². The van der Waals surface area contributed by atoms with Crippen molar-refractivity contribution >= 4 is 33.2 Å². The van der Waals surface area contributed by atoms with Gasteiger partial charge in [0.05, 0.1) is 29.1 Å². The molecule has 1 amide bonds. The van der Waals surface area contributed by atoms with Crippen molar-refractivity contribution in [3.8, 4) is 0 Å². The van der Waals surface area contributed by atoms with Crippen LogP contribution in [0.1, 0.15) is 18.4 Å². The first-order valence-electron chi connectivity index (χ1n) is 8.20. The number of hydrogen-bond acceptors (Lipinski definition) is 4. The number of amides is 1. The maximum atomic E-state index is 12.8. The highest BCUT2D eigenvalue weighted by Crippen LogP contribution is 2.33. The molecule has 0 aliphatic carbocycles. The minimum Gasteiger partial charge on any atom is -0.324 e. The van der Waals surface area contributed by atoms with Crippen LogP contribution in [-0.2, 0) is 21.0 Å². The van der Waals surface area contributed by atoms with Crippen LogP contribution in [-0.4, -0.2) is 62.5 Å². The van der Waals surface area contributed by atoms with Gasteiger partial charge in [-0.1, -0.05) is 11.6 Å². The van der Waals surface area contributed by atoms with E-state index in [1.54, 1.807) is 0 Å². The molecule has 11 heteroatoms. The predicted octanol–water partition coefficient (Wildman–Crippen LogP) is 2.65. The van der Waals surface area contributed by atoms with Gasteiger partial charge in [0.1, 0.15) is 0 Å². The van der Waals surface area contributed by atoms with Crippen LogP contribution in [0.2, 0.25) is 5.02 Å². The Morgan fingerprint density at radius 3 is 2.44 bits per heavy atom. The van der Waals surface area contributed by atoms with Crippen molar-refractivity contribution in [2.75, 3.05) is 38.3 Å². The molecule has 1 aliphatic heterocycles. The van der Waals surface area contributed by atoms with Crippen molar-refractivity contribution in [3.05, 3.63) is 28.8 Å². The standard InChI is InChI=1S/C16H21ClF3N3O3S/c1-22(27(2,25)26)12-5-7-23(8-6-12)10-15(24)21-14-9-11(16(18,19)20)3-4-13(14)17/h3-4,9,12H,5-8,10H2,1-2H3,(H,21,24). The third-order valence-corrected chi connectivity index (χ3v) is 6.20. The molecule has 0 bridgehead atoms. The molecule has 1 aromatic rings. The maximum Gasteiger partial charge on any atom is 0.416 e. The Morgan fingerprint density at radius 1 is 1.33 bits per heavy atom. The molecule has 27 heavy (non-hydrogen) atoms. The third-order valence-electron chi connectivity index (χ3n) is 4.53. The molecule has 0 spiro atoms. The number of carbonyl (C=O) groups is 1. The van der Waals surface area contributed by atoms with Gasteiger partial charge >= 0.3 is 6.18 Å². The van der Waals surface area contributed by atoms with Crippen molar-refractivity contribution in [2.24, 2.45) is 0 Å². The zero-order valence-corrected chi connectivity index (χ0v) is 16.5. The lowest BCUT2D eigenvalue weighted by Crippen LogP contribution is -2.47. The van der Waals surface area contributed by atoms with E-state index in [0.717, 1.165) is 24.5 Å². The van der Waals surface area contributed by atoms with E-state index in [1.165, 1.54) is 11.4 Å². The molecular formula is C16H21ClF3N3O3S. The molecule has 0 atom stereocenters. The van der Waals surface area contributed by atoms with Gasteiger partial charge in [0, 0.05) is 26.2 Å². The van der Waals surface area contributed by atoms with Gasteiger partial charge in [0.15, 0.2) is 0 Å². The SMILES string of the molecule is CN(C1CCN(CC(=O)Nc2cc(C(F)(F)F)ccc2Cl)CC1)S(C)(=O)=O. The van der Waals surface area contributed by atoms with Crippen LogP contribution in [0.4, 0.5) is 18.9 Å². The van der Waals surface area contributed by atoms with Crippen LogP contribution in [0, 0.1) is 0 Å². The van der Waals surface area contributed by atoms with Gasteiger partial charge in [-0.25, -0.2) is 12.7 Å². The molecule has 6 nitrogen and oxygen atoms in total. The Labute approximate surface area is 161 Å². The molecule has 0 saturated carbocycles. The summed E-state index contributed by atoms with van der Waals surface area (Å²) in [7, 11) is -1.75. The van der Waals surface area contributed by atoms with Crippen LogP contribution >= 0.6 is 11.6 Å². The molecule has 2 rings (SSSR count). The van der Waals surface area contributed by atoms with E-state index < -0.39 is 27.7 Å². The van der Waals surface area contributed by atoms with Gasteiger partial charge in [-0.2, -0.15) is 13.2 Å². The van der Waals surface area contributed by atoms with Gasteiger partial charge in [0.2, 0.25) is 15.9 Å². The van der Waals surface area contributed by atoms with Crippen molar-refractivity contribution in [2.45, 2.75) is 25.1 Å². The van der Waals surface area contributed by atoms with E-state index in [1.807, 2.05) is 4.90 Å². The fourth-order valence-electron chi connectivity index (χ4n) is 2.90. The summed E-state index contributed by atoms with van der Waals surface area (Å²) < 4.78 is 62.8. The van der Waals surface area contributed by atoms with Crippen molar-refractivity contribution < 1.29 is 26.4 Å². The van der Waals surface area contributed by atoms with E-state index in [9.17, 15) is 26.4 Å². The van der Waals surface area contributed by atoms with E-state index in [4.69, 9.17) is 11.6 Å². The van der Waals surface area contributed by atoms with Gasteiger partial charge in [-0.05, 0) is 31.0 Å². The number of nitrogens with one attached hydrogen (secondary N) is 1. The van der Waals surface area contributed by atoms with E-state index >= 15 is 0 Å². The number of piperidine rings is 1. The fourth-order valence-corrected chi connectivity index (χ4v) is 3.82. The van der Waals surface area contributed by atoms with Crippen molar-refractivity contribution in [3.63, 3.8) is 0 Å². The number of sulfonamides is 1. The molecule has 1 aromatic carbocycles. The van der Waals surface area contributed by atoms with Crippen LogP contribution in [0.3, 0.4) is 0 Å². The summed E-state index contributed by atoms with van der Waals surface area (Å²) in [6, 6.07) is 2.61. The molecule has 1 fully saturated rings. The molecule has 1 aliphatic rings. The van der Waals surface area contributed by atoms with Gasteiger partial charge < -0.3 is 5.32 Å². The number of anilines is 1. The number of hydrogen-bond donors (Lipinski definition) is 1. The molecular weight excluding hydrogens is 407 g/mol. The number of likely N-dealkylation sites (tertiary alicyclic amines) is 1. The van der Waals surface area contributed by atoms with Crippen LogP contribution in [0.5, 0.6) is 0 Å². The number of rotatable bonds is 5. The molecule has 1 saturated heterocycles. The topological polar surface area (TPSA) is 69.7 Å². The number of alkyl halides is 3. The summed E-state index contributed by atoms with van der Waals surface area (Å²) in [5, 5.41) is 2.43. The number of halogens is 4. The first-order valence-corrected chi connectivity index (χ1v) is 10.4. The average molecular weight is 428 g/mol. The van der Waals surface area contributed by atoms with Gasteiger partial charge in [-0.3, -0.25) is 9.69 Å². The highest BCUT2D eigenvalue weighted by atomic mass is 35.5. The Bertz CT molecular complexity index is 794. The fraction of sp³-hybridized carbons (Fsp3) is 0.562. The maximum absolute atomic E-state index is 12.8. The number of benzene rings is 1. The minimum absolute atomic E-state index is 0.0120. The van der Waals surface area contributed by atoms with E-state index in [-0.39, 0.29) is 23.3 Å². The highest BCUT2D eigenvalue weighted by Gasteiger charge is 2.31. The minimum atomic E-state index is -4.53. The average Bonchev–Trinajstić information content (AvgIpc) is 2.55. The van der Waals surface area contributed by atoms with Crippen molar-refractivity contribution in [1.29, 1.82) is 0 Å². The lowest BCUT2D eigenvalue weighted by Gasteiger charge is -2.35. The smallest absolute Gasteiger partial charge is 0.324 e. The quantitative estimate of drug-likeness (QED) is 0.784. The van der Waals surface area contributed by atoms with Gasteiger partial charge in [0.25, 0.3) is 0 Å². The summed E-state index contributed by atoms with van der Waals surface area (Å²) in [6.45, 7) is 1.00. The Hall–Kier alpha value is -1.36. The second-order valence-electron chi connectivity index (χ2n) is 6.53. The zero-order valence-electron chi connectivity index (χ0n) is 14.9. The monoisotopic (exact) mass is 427 g/mol. The largest absolute Gasteiger partial charge is 0.416 e. The molecule has 152 valence electrons. The predicted molar refractivity (Wildman–Crippen MR) is 97.2 cm³/mol. The number of nitrogens with zero attached hydrogens (tertiary/aromatic N) is 2. The summed E-state index contributed by atoms with van der Waals surface area (Å²) in [5.41, 5.74) is -0.991. The first kappa shape index (κ1) is 21.9. The first-order chi connectivity index (χ1) is 12.4. The van der Waals surface area contributed by atoms with Crippen LogP contribution in [0.25, 0.3) is 0 Å². The summed E-state index contributed by atoms with van der Waals surface area (Å²) in [4.78, 5) is 14.0. The van der Waals surface area contributed by atoms with E-state index in [2.05, 4.69) is 5.32 Å². The molecule has 1 heterocycles. The Balaban J connectivity index is 1.92. The zero-order chi connectivity index (χ0) is 20.4. The molecule has 1 N–H and O–H groups in total.